The quantitative estimate of drug-likeness (QED) is 0.891. The standard InChI is InChI=1S/C17H24N4O2/c1-17(2,3)23-16(22)21-10-6-7-12(11-21)18-15-19-13-8-4-5-9-14(13)20-15/h4-5,8-9,12H,6-7,10-11H2,1-3H3,(H2,18,19,20). The highest BCUT2D eigenvalue weighted by Gasteiger charge is 2.27. The van der Waals surface area contributed by atoms with Crippen molar-refractivity contribution in [1.29, 1.82) is 0 Å². The van der Waals surface area contributed by atoms with Crippen molar-refractivity contribution in [3.05, 3.63) is 24.3 Å². The van der Waals surface area contributed by atoms with E-state index in [-0.39, 0.29) is 12.1 Å². The van der Waals surface area contributed by atoms with Gasteiger partial charge in [-0.05, 0) is 45.7 Å². The first-order valence-electron chi connectivity index (χ1n) is 8.10. The molecule has 23 heavy (non-hydrogen) atoms. The third kappa shape index (κ3) is 3.94. The minimum atomic E-state index is -0.462. The van der Waals surface area contributed by atoms with Crippen molar-refractivity contribution >= 4 is 23.1 Å². The second kappa shape index (κ2) is 6.10. The molecule has 124 valence electrons. The Morgan fingerprint density at radius 1 is 1.39 bits per heavy atom. The number of rotatable bonds is 2. The molecule has 2 heterocycles. The van der Waals surface area contributed by atoms with Gasteiger partial charge in [0.2, 0.25) is 5.95 Å². The summed E-state index contributed by atoms with van der Waals surface area (Å²) in [5, 5.41) is 3.40. The van der Waals surface area contributed by atoms with Gasteiger partial charge in [0.1, 0.15) is 5.60 Å². The van der Waals surface area contributed by atoms with Gasteiger partial charge in [-0.3, -0.25) is 0 Å². The number of ether oxygens (including phenoxy) is 1. The molecule has 1 aliphatic rings. The first kappa shape index (κ1) is 15.6. The molecule has 0 aliphatic carbocycles. The number of carbonyl (C=O) groups is 1. The van der Waals surface area contributed by atoms with Crippen molar-refractivity contribution in [3.8, 4) is 0 Å². The summed E-state index contributed by atoms with van der Waals surface area (Å²) in [6.07, 6.45) is 1.72. The van der Waals surface area contributed by atoms with Crippen molar-refractivity contribution in [2.24, 2.45) is 0 Å². The number of nitrogens with zero attached hydrogens (tertiary/aromatic N) is 2. The number of para-hydroxylation sites is 2. The van der Waals surface area contributed by atoms with Crippen LogP contribution in [0.1, 0.15) is 33.6 Å². The van der Waals surface area contributed by atoms with Crippen molar-refractivity contribution in [2.75, 3.05) is 18.4 Å². The molecule has 1 aromatic heterocycles. The maximum absolute atomic E-state index is 12.2. The number of aromatic nitrogens is 2. The third-order valence-corrected chi connectivity index (χ3v) is 3.80. The van der Waals surface area contributed by atoms with E-state index in [1.54, 1.807) is 4.90 Å². The van der Waals surface area contributed by atoms with E-state index >= 15 is 0 Å². The molecule has 1 fully saturated rings. The number of hydrogen-bond acceptors (Lipinski definition) is 4. The summed E-state index contributed by atoms with van der Waals surface area (Å²) in [5.74, 6) is 0.752. The fraction of sp³-hybridized carbons (Fsp3) is 0.529. The molecule has 1 saturated heterocycles. The van der Waals surface area contributed by atoms with E-state index in [0.717, 1.165) is 36.4 Å². The smallest absolute Gasteiger partial charge is 0.410 e. The minimum Gasteiger partial charge on any atom is -0.444 e. The highest BCUT2D eigenvalue weighted by Crippen LogP contribution is 2.19. The molecule has 0 radical (unpaired) electrons. The summed E-state index contributed by atoms with van der Waals surface area (Å²) in [6.45, 7) is 7.04. The summed E-state index contributed by atoms with van der Waals surface area (Å²) in [7, 11) is 0. The number of benzene rings is 1. The third-order valence-electron chi connectivity index (χ3n) is 3.80. The van der Waals surface area contributed by atoms with E-state index in [1.807, 2.05) is 45.0 Å². The predicted molar refractivity (Wildman–Crippen MR) is 90.5 cm³/mol. The van der Waals surface area contributed by atoms with E-state index in [1.165, 1.54) is 0 Å². The number of H-pyrrole nitrogens is 1. The van der Waals surface area contributed by atoms with Crippen LogP contribution in [-0.2, 0) is 4.74 Å². The van der Waals surface area contributed by atoms with Crippen LogP contribution in [0.4, 0.5) is 10.7 Å². The van der Waals surface area contributed by atoms with Crippen LogP contribution in [0.15, 0.2) is 24.3 Å². The summed E-state index contributed by atoms with van der Waals surface area (Å²) in [5.41, 5.74) is 1.49. The summed E-state index contributed by atoms with van der Waals surface area (Å²) < 4.78 is 5.46. The number of carbonyl (C=O) groups excluding carboxylic acids is 1. The first-order valence-corrected chi connectivity index (χ1v) is 8.10. The highest BCUT2D eigenvalue weighted by atomic mass is 16.6. The predicted octanol–water partition coefficient (Wildman–Crippen LogP) is 3.37. The molecule has 2 N–H and O–H groups in total. The lowest BCUT2D eigenvalue weighted by molar-refractivity contribution is 0.0206. The normalized spacial score (nSPS) is 18.9. The maximum Gasteiger partial charge on any atom is 0.410 e. The number of hydrogen-bond donors (Lipinski definition) is 2. The lowest BCUT2D eigenvalue weighted by Crippen LogP contribution is -2.47. The number of fused-ring (bicyclic) bond motifs is 1. The molecule has 1 aliphatic heterocycles. The summed E-state index contributed by atoms with van der Waals surface area (Å²) >= 11 is 0. The Balaban J connectivity index is 1.63. The SMILES string of the molecule is CC(C)(C)OC(=O)N1CCCC(Nc2nc3ccccc3[nH]2)C1. The van der Waals surface area contributed by atoms with Gasteiger partial charge >= 0.3 is 6.09 Å². The molecule has 0 bridgehead atoms. The molecule has 1 amide bonds. The van der Waals surface area contributed by atoms with E-state index in [4.69, 9.17) is 4.74 Å². The Labute approximate surface area is 136 Å². The molecular weight excluding hydrogens is 292 g/mol. The number of nitrogens with one attached hydrogen (secondary N) is 2. The molecule has 3 rings (SSSR count). The van der Waals surface area contributed by atoms with Crippen molar-refractivity contribution < 1.29 is 9.53 Å². The second-order valence-corrected chi connectivity index (χ2v) is 7.01. The van der Waals surface area contributed by atoms with Gasteiger partial charge in [0.15, 0.2) is 0 Å². The van der Waals surface area contributed by atoms with Crippen LogP contribution in [0.3, 0.4) is 0 Å². The van der Waals surface area contributed by atoms with Gasteiger partial charge in [-0.25, -0.2) is 9.78 Å². The maximum atomic E-state index is 12.2. The van der Waals surface area contributed by atoms with Crippen LogP contribution in [0, 0.1) is 0 Å². The molecule has 1 atom stereocenters. The fourth-order valence-corrected chi connectivity index (χ4v) is 2.80. The van der Waals surface area contributed by atoms with Gasteiger partial charge in [-0.1, -0.05) is 12.1 Å². The lowest BCUT2D eigenvalue weighted by atomic mass is 10.1. The van der Waals surface area contributed by atoms with Gasteiger partial charge in [0.25, 0.3) is 0 Å². The average molecular weight is 316 g/mol. The molecule has 1 unspecified atom stereocenters. The van der Waals surface area contributed by atoms with E-state index in [2.05, 4.69) is 15.3 Å². The number of imidazole rings is 1. The fourth-order valence-electron chi connectivity index (χ4n) is 2.80. The summed E-state index contributed by atoms with van der Waals surface area (Å²) in [6, 6.07) is 8.11. The second-order valence-electron chi connectivity index (χ2n) is 7.01. The van der Waals surface area contributed by atoms with Crippen LogP contribution >= 0.6 is 0 Å². The van der Waals surface area contributed by atoms with Gasteiger partial charge < -0.3 is 19.9 Å². The number of piperidine rings is 1. The Hall–Kier alpha value is -2.24. The van der Waals surface area contributed by atoms with Crippen LogP contribution in [0.2, 0.25) is 0 Å². The van der Waals surface area contributed by atoms with E-state index < -0.39 is 5.60 Å². The van der Waals surface area contributed by atoms with Gasteiger partial charge in [-0.2, -0.15) is 0 Å². The van der Waals surface area contributed by atoms with Crippen LogP contribution in [0.25, 0.3) is 11.0 Å². The number of aromatic amines is 1. The average Bonchev–Trinajstić information content (AvgIpc) is 2.88. The molecule has 2 aromatic rings. The summed E-state index contributed by atoms with van der Waals surface area (Å²) in [4.78, 5) is 21.8. The zero-order valence-electron chi connectivity index (χ0n) is 13.9. The molecule has 0 saturated carbocycles. The molecule has 6 heteroatoms. The highest BCUT2D eigenvalue weighted by molar-refractivity contribution is 5.77. The van der Waals surface area contributed by atoms with Gasteiger partial charge in [0.05, 0.1) is 11.0 Å². The molecule has 1 aromatic carbocycles. The lowest BCUT2D eigenvalue weighted by Gasteiger charge is -2.34. The zero-order chi connectivity index (χ0) is 16.4. The molecule has 0 spiro atoms. The van der Waals surface area contributed by atoms with E-state index in [9.17, 15) is 4.79 Å². The Morgan fingerprint density at radius 3 is 2.91 bits per heavy atom. The Kier molecular flexibility index (Phi) is 4.15. The number of anilines is 1. The van der Waals surface area contributed by atoms with E-state index in [0.29, 0.717) is 6.54 Å². The largest absolute Gasteiger partial charge is 0.444 e. The topological polar surface area (TPSA) is 70.2 Å². The number of amides is 1. The number of likely N-dealkylation sites (tertiary alicyclic amines) is 1. The first-order chi connectivity index (χ1) is 10.9. The van der Waals surface area contributed by atoms with Crippen molar-refractivity contribution in [3.63, 3.8) is 0 Å². The Morgan fingerprint density at radius 2 is 2.17 bits per heavy atom. The zero-order valence-corrected chi connectivity index (χ0v) is 13.9. The monoisotopic (exact) mass is 316 g/mol. The Bertz CT molecular complexity index is 656. The van der Waals surface area contributed by atoms with Crippen molar-refractivity contribution in [2.45, 2.75) is 45.3 Å². The van der Waals surface area contributed by atoms with Gasteiger partial charge in [0, 0.05) is 19.1 Å². The van der Waals surface area contributed by atoms with Crippen LogP contribution in [0.5, 0.6) is 0 Å². The van der Waals surface area contributed by atoms with Crippen molar-refractivity contribution in [1.82, 2.24) is 14.9 Å². The minimum absolute atomic E-state index is 0.178. The molecule has 6 nitrogen and oxygen atoms in total. The van der Waals surface area contributed by atoms with Crippen LogP contribution in [-0.4, -0.2) is 45.7 Å². The molecular formula is C17H24N4O2. The van der Waals surface area contributed by atoms with Gasteiger partial charge in [-0.15, -0.1) is 0 Å². The van der Waals surface area contributed by atoms with Crippen LogP contribution < -0.4 is 5.32 Å².